The van der Waals surface area contributed by atoms with Gasteiger partial charge in [0.15, 0.2) is 0 Å². The van der Waals surface area contributed by atoms with Crippen molar-refractivity contribution in [3.63, 3.8) is 0 Å². The fourth-order valence-electron chi connectivity index (χ4n) is 4.01. The Bertz CT molecular complexity index is 1340. The summed E-state index contributed by atoms with van der Waals surface area (Å²) < 4.78 is 5.63. The zero-order chi connectivity index (χ0) is 22.1. The second kappa shape index (κ2) is 8.25. The standard InChI is InChI=1S/C25H22N6O/c1-31-8-7-17-11-24(32-2)23(10-20(17)15-31)30-25-28-14-19-4-3-16(9-22(19)29-25)18-5-6-21(12-26)27-13-18/h3-6,9-11,13-14H,7-8,15H2,1-2H3,(H,28,29,30). The lowest BCUT2D eigenvalue weighted by Gasteiger charge is -2.26. The second-order valence-corrected chi connectivity index (χ2v) is 7.95. The number of hydrogen-bond acceptors (Lipinski definition) is 7. The Balaban J connectivity index is 1.48. The molecule has 7 heteroatoms. The van der Waals surface area contributed by atoms with Crippen LogP contribution in [0.2, 0.25) is 0 Å². The monoisotopic (exact) mass is 422 g/mol. The molecule has 0 fully saturated rings. The van der Waals surface area contributed by atoms with Crippen molar-refractivity contribution in [1.29, 1.82) is 5.26 Å². The topological polar surface area (TPSA) is 87.0 Å². The number of nitrogens with zero attached hydrogens (tertiary/aromatic N) is 5. The third kappa shape index (κ3) is 3.84. The van der Waals surface area contributed by atoms with Gasteiger partial charge in [0.05, 0.1) is 18.3 Å². The first-order valence-corrected chi connectivity index (χ1v) is 10.4. The molecule has 5 rings (SSSR count). The van der Waals surface area contributed by atoms with E-state index < -0.39 is 0 Å². The zero-order valence-corrected chi connectivity index (χ0v) is 18.0. The van der Waals surface area contributed by atoms with Crippen LogP contribution in [0.15, 0.2) is 54.9 Å². The van der Waals surface area contributed by atoms with Crippen LogP contribution in [0.1, 0.15) is 16.8 Å². The van der Waals surface area contributed by atoms with E-state index in [0.717, 1.165) is 53.0 Å². The summed E-state index contributed by atoms with van der Waals surface area (Å²) in [5.74, 6) is 1.30. The molecule has 158 valence electrons. The van der Waals surface area contributed by atoms with Gasteiger partial charge in [-0.2, -0.15) is 5.26 Å². The number of nitriles is 1. The summed E-state index contributed by atoms with van der Waals surface area (Å²) >= 11 is 0. The van der Waals surface area contributed by atoms with Crippen LogP contribution in [0.4, 0.5) is 11.6 Å². The lowest BCUT2D eigenvalue weighted by molar-refractivity contribution is 0.312. The first kappa shape index (κ1) is 19.9. The largest absolute Gasteiger partial charge is 0.495 e. The molecule has 0 spiro atoms. The number of ether oxygens (including phenoxy) is 1. The average molecular weight is 422 g/mol. The highest BCUT2D eigenvalue weighted by Gasteiger charge is 2.17. The van der Waals surface area contributed by atoms with Crippen LogP contribution in [0.5, 0.6) is 5.75 Å². The number of pyridine rings is 1. The molecule has 0 saturated carbocycles. The number of methoxy groups -OCH3 is 1. The summed E-state index contributed by atoms with van der Waals surface area (Å²) in [6.07, 6.45) is 4.53. The average Bonchev–Trinajstić information content (AvgIpc) is 2.83. The summed E-state index contributed by atoms with van der Waals surface area (Å²) in [6.45, 7) is 1.96. The molecule has 3 heterocycles. The molecule has 2 aromatic carbocycles. The lowest BCUT2D eigenvalue weighted by Crippen LogP contribution is -2.26. The van der Waals surface area contributed by atoms with Crippen LogP contribution in [-0.4, -0.2) is 40.6 Å². The molecule has 0 atom stereocenters. The molecule has 32 heavy (non-hydrogen) atoms. The maximum atomic E-state index is 8.96. The van der Waals surface area contributed by atoms with Crippen LogP contribution >= 0.6 is 0 Å². The Morgan fingerprint density at radius 3 is 2.69 bits per heavy atom. The van der Waals surface area contributed by atoms with Crippen molar-refractivity contribution in [1.82, 2.24) is 19.9 Å². The van der Waals surface area contributed by atoms with Gasteiger partial charge in [-0.1, -0.05) is 12.1 Å². The summed E-state index contributed by atoms with van der Waals surface area (Å²) in [7, 11) is 3.81. The minimum atomic E-state index is 0.397. The van der Waals surface area contributed by atoms with Gasteiger partial charge in [-0.25, -0.2) is 15.0 Å². The van der Waals surface area contributed by atoms with E-state index in [9.17, 15) is 0 Å². The summed E-state index contributed by atoms with van der Waals surface area (Å²) in [5.41, 5.74) is 6.60. The quantitative estimate of drug-likeness (QED) is 0.524. The van der Waals surface area contributed by atoms with Gasteiger partial charge in [0.1, 0.15) is 17.5 Å². The Kier molecular flexibility index (Phi) is 5.13. The number of anilines is 2. The highest BCUT2D eigenvalue weighted by atomic mass is 16.5. The van der Waals surface area contributed by atoms with Crippen LogP contribution in [-0.2, 0) is 13.0 Å². The molecule has 7 nitrogen and oxygen atoms in total. The number of hydrogen-bond donors (Lipinski definition) is 1. The minimum Gasteiger partial charge on any atom is -0.495 e. The molecule has 0 aliphatic carbocycles. The Morgan fingerprint density at radius 2 is 1.91 bits per heavy atom. The first-order valence-electron chi connectivity index (χ1n) is 10.4. The minimum absolute atomic E-state index is 0.397. The van der Waals surface area contributed by atoms with Gasteiger partial charge in [-0.15, -0.1) is 0 Å². The zero-order valence-electron chi connectivity index (χ0n) is 18.0. The number of rotatable bonds is 4. The smallest absolute Gasteiger partial charge is 0.227 e. The van der Waals surface area contributed by atoms with E-state index in [-0.39, 0.29) is 0 Å². The molecule has 2 aromatic heterocycles. The first-order chi connectivity index (χ1) is 15.6. The predicted molar refractivity (Wildman–Crippen MR) is 124 cm³/mol. The van der Waals surface area contributed by atoms with Crippen LogP contribution in [0.25, 0.3) is 22.0 Å². The lowest BCUT2D eigenvalue weighted by atomic mass is 9.99. The molecule has 0 saturated heterocycles. The van der Waals surface area contributed by atoms with Crippen molar-refractivity contribution < 1.29 is 4.74 Å². The maximum Gasteiger partial charge on any atom is 0.227 e. The molecule has 0 amide bonds. The Labute approximate surface area is 186 Å². The molecule has 1 N–H and O–H groups in total. The maximum absolute atomic E-state index is 8.96. The van der Waals surface area contributed by atoms with Gasteiger partial charge in [-0.3, -0.25) is 0 Å². The normalized spacial score (nSPS) is 13.4. The number of fused-ring (bicyclic) bond motifs is 2. The summed E-state index contributed by atoms with van der Waals surface area (Å²) in [6, 6.07) is 15.9. The van der Waals surface area contributed by atoms with Crippen molar-refractivity contribution >= 4 is 22.5 Å². The van der Waals surface area contributed by atoms with E-state index in [1.807, 2.05) is 36.5 Å². The molecular weight excluding hydrogens is 400 g/mol. The van der Waals surface area contributed by atoms with Crippen molar-refractivity contribution in [2.75, 3.05) is 26.0 Å². The van der Waals surface area contributed by atoms with Crippen LogP contribution < -0.4 is 10.1 Å². The van der Waals surface area contributed by atoms with E-state index >= 15 is 0 Å². The summed E-state index contributed by atoms with van der Waals surface area (Å²) in [5, 5.41) is 13.2. The molecule has 4 aromatic rings. The summed E-state index contributed by atoms with van der Waals surface area (Å²) in [4.78, 5) is 15.7. The number of likely N-dealkylation sites (N-methyl/N-ethyl adjacent to an activating group) is 1. The van der Waals surface area contributed by atoms with E-state index in [0.29, 0.717) is 11.6 Å². The Hall–Kier alpha value is -4.02. The SMILES string of the molecule is COc1cc2c(cc1Nc1ncc3ccc(-c4ccc(C#N)nc4)cc3n1)CN(C)CC2. The van der Waals surface area contributed by atoms with Gasteiger partial charge >= 0.3 is 0 Å². The van der Waals surface area contributed by atoms with Gasteiger partial charge in [0, 0.05) is 36.4 Å². The molecule has 1 aliphatic rings. The third-order valence-corrected chi connectivity index (χ3v) is 5.77. The van der Waals surface area contributed by atoms with Crippen molar-refractivity contribution in [3.8, 4) is 22.9 Å². The highest BCUT2D eigenvalue weighted by Crippen LogP contribution is 2.33. The number of nitrogens with one attached hydrogen (secondary N) is 1. The van der Waals surface area contributed by atoms with Crippen LogP contribution in [0, 0.1) is 11.3 Å². The van der Waals surface area contributed by atoms with Crippen molar-refractivity contribution in [3.05, 3.63) is 71.7 Å². The van der Waals surface area contributed by atoms with E-state index in [1.165, 1.54) is 11.1 Å². The third-order valence-electron chi connectivity index (χ3n) is 5.77. The molecular formula is C25H22N6O. The molecule has 0 radical (unpaired) electrons. The molecule has 1 aliphatic heterocycles. The van der Waals surface area contributed by atoms with E-state index in [1.54, 1.807) is 19.4 Å². The van der Waals surface area contributed by atoms with Gasteiger partial charge < -0.3 is 15.0 Å². The van der Waals surface area contributed by atoms with Crippen LogP contribution in [0.3, 0.4) is 0 Å². The second-order valence-electron chi connectivity index (χ2n) is 7.95. The van der Waals surface area contributed by atoms with Gasteiger partial charge in [-0.05, 0) is 60.5 Å². The fourth-order valence-corrected chi connectivity index (χ4v) is 4.01. The number of benzene rings is 2. The van der Waals surface area contributed by atoms with Crippen molar-refractivity contribution in [2.24, 2.45) is 0 Å². The molecule has 0 unspecified atom stereocenters. The highest BCUT2D eigenvalue weighted by molar-refractivity contribution is 5.84. The van der Waals surface area contributed by atoms with Gasteiger partial charge in [0.2, 0.25) is 5.95 Å². The van der Waals surface area contributed by atoms with E-state index in [4.69, 9.17) is 15.0 Å². The van der Waals surface area contributed by atoms with E-state index in [2.05, 4.69) is 39.4 Å². The fraction of sp³-hybridized carbons (Fsp3) is 0.200. The van der Waals surface area contributed by atoms with Gasteiger partial charge in [0.25, 0.3) is 0 Å². The predicted octanol–water partition coefficient (Wildman–Crippen LogP) is 4.30. The molecule has 0 bridgehead atoms. The van der Waals surface area contributed by atoms with Crippen molar-refractivity contribution in [2.45, 2.75) is 13.0 Å². The Morgan fingerprint density at radius 1 is 1.03 bits per heavy atom. The number of aromatic nitrogens is 3.